The number of carbonyl (C=O) groups is 1. The van der Waals surface area contributed by atoms with Crippen molar-refractivity contribution in [1.82, 2.24) is 10.3 Å². The van der Waals surface area contributed by atoms with Crippen molar-refractivity contribution in [1.29, 1.82) is 0 Å². The fourth-order valence-electron chi connectivity index (χ4n) is 2.87. The predicted octanol–water partition coefficient (Wildman–Crippen LogP) is 3.53. The molecule has 1 N–H and O–H groups in total. The number of rotatable bonds is 6. The molecule has 1 aliphatic heterocycles. The van der Waals surface area contributed by atoms with Gasteiger partial charge >= 0.3 is 0 Å². The lowest BCUT2D eigenvalue weighted by Crippen LogP contribution is -2.33. The highest BCUT2D eigenvalue weighted by Gasteiger charge is 2.22. The zero-order valence-corrected chi connectivity index (χ0v) is 15.7. The Morgan fingerprint density at radius 3 is 2.72 bits per heavy atom. The number of hydrogen-bond donors (Lipinski definition) is 1. The van der Waals surface area contributed by atoms with Gasteiger partial charge in [0.15, 0.2) is 11.5 Å². The maximum Gasteiger partial charge on any atom is 0.226 e. The lowest BCUT2D eigenvalue weighted by Gasteiger charge is -2.25. The molecule has 25 heavy (non-hydrogen) atoms. The Labute approximate surface area is 152 Å². The number of nitrogens with one attached hydrogen (secondary N) is 1. The molecular formula is C19H24N2O3S. The Bertz CT molecular complexity index is 742. The van der Waals surface area contributed by atoms with Crippen molar-refractivity contribution < 1.29 is 14.3 Å². The molecule has 2 heterocycles. The van der Waals surface area contributed by atoms with E-state index in [1.165, 1.54) is 0 Å². The van der Waals surface area contributed by atoms with Crippen molar-refractivity contribution in [3.05, 3.63) is 39.8 Å². The Hall–Kier alpha value is -2.08. The van der Waals surface area contributed by atoms with Gasteiger partial charge in [0.1, 0.15) is 13.2 Å². The number of hydrogen-bond acceptors (Lipinski definition) is 5. The summed E-state index contributed by atoms with van der Waals surface area (Å²) in [5.41, 5.74) is 1.86. The summed E-state index contributed by atoms with van der Waals surface area (Å²) in [5.74, 6) is 1.75. The number of ether oxygens (including phenoxy) is 2. The fourth-order valence-corrected chi connectivity index (χ4v) is 3.61. The third kappa shape index (κ3) is 4.31. The van der Waals surface area contributed by atoms with E-state index in [1.54, 1.807) is 11.3 Å². The Kier molecular flexibility index (Phi) is 5.58. The van der Waals surface area contributed by atoms with Crippen molar-refractivity contribution in [2.75, 3.05) is 13.2 Å². The number of aryl methyl sites for hydroxylation is 1. The Balaban J connectivity index is 1.71. The van der Waals surface area contributed by atoms with Crippen LogP contribution in [0.4, 0.5) is 0 Å². The maximum atomic E-state index is 12.5. The van der Waals surface area contributed by atoms with Crippen molar-refractivity contribution in [3.8, 4) is 11.5 Å². The smallest absolute Gasteiger partial charge is 0.226 e. The van der Waals surface area contributed by atoms with Crippen molar-refractivity contribution in [3.63, 3.8) is 0 Å². The number of carbonyl (C=O) groups excluding carboxylic acids is 1. The molecule has 0 fully saturated rings. The van der Waals surface area contributed by atoms with Gasteiger partial charge < -0.3 is 14.8 Å². The molecule has 134 valence electrons. The number of fused-ring (bicyclic) bond motifs is 1. The lowest BCUT2D eigenvalue weighted by atomic mass is 9.95. The van der Waals surface area contributed by atoms with E-state index < -0.39 is 0 Å². The average molecular weight is 360 g/mol. The van der Waals surface area contributed by atoms with E-state index in [1.807, 2.05) is 23.6 Å². The van der Waals surface area contributed by atoms with E-state index in [4.69, 9.17) is 9.47 Å². The molecule has 5 nitrogen and oxygen atoms in total. The van der Waals surface area contributed by atoms with Crippen molar-refractivity contribution in [2.45, 2.75) is 39.7 Å². The summed E-state index contributed by atoms with van der Waals surface area (Å²) in [7, 11) is 0. The van der Waals surface area contributed by atoms with Crippen LogP contribution in [-0.4, -0.2) is 24.1 Å². The van der Waals surface area contributed by atoms with Gasteiger partial charge in [-0.2, -0.15) is 0 Å². The van der Waals surface area contributed by atoms with Crippen LogP contribution in [0.3, 0.4) is 0 Å². The monoisotopic (exact) mass is 360 g/mol. The van der Waals surface area contributed by atoms with Crippen LogP contribution in [0.2, 0.25) is 0 Å². The summed E-state index contributed by atoms with van der Waals surface area (Å²) in [6.07, 6.45) is 1.21. The second kappa shape index (κ2) is 7.87. The second-order valence-corrected chi connectivity index (χ2v) is 7.40. The minimum absolute atomic E-state index is 0.0125. The van der Waals surface area contributed by atoms with Crippen LogP contribution < -0.4 is 14.8 Å². The third-order valence-corrected chi connectivity index (χ3v) is 5.19. The van der Waals surface area contributed by atoms with Crippen molar-refractivity contribution in [2.24, 2.45) is 5.92 Å². The molecule has 3 rings (SSSR count). The molecule has 1 aromatic carbocycles. The average Bonchev–Trinajstić information content (AvgIpc) is 3.06. The summed E-state index contributed by atoms with van der Waals surface area (Å²) in [5, 5.41) is 6.17. The number of nitrogens with zero attached hydrogens (tertiary/aromatic N) is 1. The molecule has 1 amide bonds. The highest BCUT2D eigenvalue weighted by atomic mass is 32.1. The highest BCUT2D eigenvalue weighted by Crippen LogP contribution is 2.34. The number of thiazole rings is 1. The van der Waals surface area contributed by atoms with Gasteiger partial charge in [-0.15, -0.1) is 11.3 Å². The van der Waals surface area contributed by atoms with Gasteiger partial charge in [0.25, 0.3) is 0 Å². The van der Waals surface area contributed by atoms with E-state index >= 15 is 0 Å². The number of amides is 1. The predicted molar refractivity (Wildman–Crippen MR) is 98.3 cm³/mol. The molecule has 0 radical (unpaired) electrons. The van der Waals surface area contributed by atoms with Gasteiger partial charge in [0.05, 0.1) is 23.2 Å². The van der Waals surface area contributed by atoms with Crippen LogP contribution in [0.1, 0.15) is 43.1 Å². The van der Waals surface area contributed by atoms with Crippen LogP contribution in [0.15, 0.2) is 23.6 Å². The summed E-state index contributed by atoms with van der Waals surface area (Å²) < 4.78 is 11.2. The van der Waals surface area contributed by atoms with E-state index in [0.717, 1.165) is 34.2 Å². The Morgan fingerprint density at radius 1 is 1.28 bits per heavy atom. The van der Waals surface area contributed by atoms with Crippen LogP contribution in [0.5, 0.6) is 11.5 Å². The van der Waals surface area contributed by atoms with Gasteiger partial charge in [0.2, 0.25) is 5.91 Å². The highest BCUT2D eigenvalue weighted by molar-refractivity contribution is 7.09. The molecular weight excluding hydrogens is 336 g/mol. The van der Waals surface area contributed by atoms with Crippen LogP contribution in [-0.2, 0) is 17.6 Å². The first kappa shape index (κ1) is 17.7. The zero-order chi connectivity index (χ0) is 17.8. The van der Waals surface area contributed by atoms with Gasteiger partial charge in [-0.1, -0.05) is 26.8 Å². The van der Waals surface area contributed by atoms with Gasteiger partial charge in [-0.05, 0) is 30.0 Å². The molecule has 0 bridgehead atoms. The van der Waals surface area contributed by atoms with E-state index in [2.05, 4.69) is 31.1 Å². The quantitative estimate of drug-likeness (QED) is 0.856. The standard InChI is InChI=1S/C19H24N2O3S/c1-4-18-20-14(11-25-18)10-17(22)21-19(12(2)3)13-5-6-15-16(9-13)24-8-7-23-15/h5-6,9,11-12,19H,4,7-8,10H2,1-3H3,(H,21,22). The summed E-state index contributed by atoms with van der Waals surface area (Å²) in [6, 6.07) is 5.81. The van der Waals surface area contributed by atoms with Crippen LogP contribution in [0.25, 0.3) is 0 Å². The molecule has 0 saturated heterocycles. The largest absolute Gasteiger partial charge is 0.486 e. The van der Waals surface area contributed by atoms with E-state index in [0.29, 0.717) is 19.6 Å². The van der Waals surface area contributed by atoms with E-state index in [9.17, 15) is 4.79 Å². The SMILES string of the molecule is CCc1nc(CC(=O)NC(c2ccc3c(c2)OCCO3)C(C)C)cs1. The Morgan fingerprint density at radius 2 is 2.04 bits per heavy atom. The summed E-state index contributed by atoms with van der Waals surface area (Å²) in [6.45, 7) is 7.39. The molecule has 1 unspecified atom stereocenters. The first-order valence-electron chi connectivity index (χ1n) is 8.69. The zero-order valence-electron chi connectivity index (χ0n) is 14.9. The first-order chi connectivity index (χ1) is 12.1. The topological polar surface area (TPSA) is 60.5 Å². The fraction of sp³-hybridized carbons (Fsp3) is 0.474. The number of aromatic nitrogens is 1. The molecule has 1 atom stereocenters. The summed E-state index contributed by atoms with van der Waals surface area (Å²) >= 11 is 1.61. The molecule has 2 aromatic rings. The van der Waals surface area contributed by atoms with Crippen LogP contribution >= 0.6 is 11.3 Å². The molecule has 1 aromatic heterocycles. The first-order valence-corrected chi connectivity index (χ1v) is 9.57. The molecule has 6 heteroatoms. The van der Waals surface area contributed by atoms with Crippen LogP contribution in [0, 0.1) is 5.92 Å². The molecule has 1 aliphatic rings. The summed E-state index contributed by atoms with van der Waals surface area (Å²) in [4.78, 5) is 17.0. The third-order valence-electron chi connectivity index (χ3n) is 4.15. The minimum Gasteiger partial charge on any atom is -0.486 e. The maximum absolute atomic E-state index is 12.5. The number of benzene rings is 1. The molecule has 0 aliphatic carbocycles. The van der Waals surface area contributed by atoms with Crippen molar-refractivity contribution >= 4 is 17.2 Å². The van der Waals surface area contributed by atoms with Gasteiger partial charge in [0, 0.05) is 5.38 Å². The van der Waals surface area contributed by atoms with Gasteiger partial charge in [-0.3, -0.25) is 4.79 Å². The van der Waals surface area contributed by atoms with E-state index in [-0.39, 0.29) is 17.9 Å². The lowest BCUT2D eigenvalue weighted by molar-refractivity contribution is -0.121. The molecule has 0 spiro atoms. The second-order valence-electron chi connectivity index (χ2n) is 6.46. The normalized spacial score (nSPS) is 14.4. The molecule has 0 saturated carbocycles. The van der Waals surface area contributed by atoms with Gasteiger partial charge in [-0.25, -0.2) is 4.98 Å². The minimum atomic E-state index is -0.0763.